The minimum atomic E-state index is -1.31. The third-order valence-corrected chi connectivity index (χ3v) is 9.93. The van der Waals surface area contributed by atoms with Crippen LogP contribution in [0.15, 0.2) is 18.2 Å². The van der Waals surface area contributed by atoms with Gasteiger partial charge in [-0.3, -0.25) is 60.7 Å². The molecule has 0 aromatic heterocycles. The zero-order valence-electron chi connectivity index (χ0n) is 31.4. The van der Waals surface area contributed by atoms with Crippen LogP contribution >= 0.6 is 0 Å². The Balaban J connectivity index is 2.57. The first-order chi connectivity index (χ1) is 26.8. The van der Waals surface area contributed by atoms with Gasteiger partial charge in [0.1, 0.15) is 0 Å². The molecule has 0 fully saturated rings. The highest BCUT2D eigenvalue weighted by molar-refractivity contribution is 5.97. The van der Waals surface area contributed by atoms with Crippen LogP contribution in [-0.2, 0) is 38.5 Å². The highest BCUT2D eigenvalue weighted by Gasteiger charge is 2.43. The largest absolute Gasteiger partial charge is 0.502 e. The Morgan fingerprint density at radius 1 is 0.351 bits per heavy atom. The minimum Gasteiger partial charge on any atom is -0.502 e. The standard InChI is InChI=1S/C36H36N6O15/c1-7-19-22(10-4)34(43)31(40(52)53)28(37(46)47)25(19)16-13-17(26-20(8-2)23(11-5)35(44)32(41(54)55)29(26)38(48)49)15-18(14-16)27-21(9-3)24(12-6)36(45)33(42(56)57)30(27)39(50)51/h13-15,43-45H,7-12H2,1-6H3. The summed E-state index contributed by atoms with van der Waals surface area (Å²) in [7, 11) is 0. The zero-order valence-corrected chi connectivity index (χ0v) is 31.4. The van der Waals surface area contributed by atoms with Gasteiger partial charge in [-0.15, -0.1) is 0 Å². The quantitative estimate of drug-likeness (QED) is 0.0749. The number of benzene rings is 4. The van der Waals surface area contributed by atoms with E-state index in [4.69, 9.17) is 0 Å². The summed E-state index contributed by atoms with van der Waals surface area (Å²) in [4.78, 5) is 68.8. The predicted octanol–water partition coefficient (Wildman–Crippen LogP) is 8.63. The van der Waals surface area contributed by atoms with Gasteiger partial charge in [-0.25, -0.2) is 0 Å². The van der Waals surface area contributed by atoms with Crippen molar-refractivity contribution < 1.29 is 44.9 Å². The number of phenols is 3. The summed E-state index contributed by atoms with van der Waals surface area (Å²) in [6.45, 7) is 9.08. The summed E-state index contributed by atoms with van der Waals surface area (Å²) in [5.74, 6) is -2.99. The number of rotatable bonds is 15. The maximum Gasteiger partial charge on any atom is 0.388 e. The first-order valence-electron chi connectivity index (χ1n) is 17.5. The zero-order chi connectivity index (χ0) is 43.0. The second-order valence-electron chi connectivity index (χ2n) is 12.6. The molecule has 4 aromatic rings. The van der Waals surface area contributed by atoms with Crippen molar-refractivity contribution in [1.29, 1.82) is 0 Å². The fraction of sp³-hybridized carbons (Fsp3) is 0.333. The maximum atomic E-state index is 12.8. The Bertz CT molecular complexity index is 2170. The van der Waals surface area contributed by atoms with E-state index in [2.05, 4.69) is 0 Å². The summed E-state index contributed by atoms with van der Waals surface area (Å²) < 4.78 is 0. The fourth-order valence-corrected chi connectivity index (χ4v) is 7.79. The molecule has 300 valence electrons. The lowest BCUT2D eigenvalue weighted by atomic mass is 9.82. The fourth-order valence-electron chi connectivity index (χ4n) is 7.79. The third-order valence-electron chi connectivity index (χ3n) is 9.93. The molecule has 0 spiro atoms. The third kappa shape index (κ3) is 6.82. The summed E-state index contributed by atoms with van der Waals surface area (Å²) in [6, 6.07) is 3.29. The van der Waals surface area contributed by atoms with Gasteiger partial charge in [-0.2, -0.15) is 0 Å². The molecule has 0 aliphatic rings. The van der Waals surface area contributed by atoms with Crippen LogP contribution in [0.3, 0.4) is 0 Å². The molecule has 0 atom stereocenters. The van der Waals surface area contributed by atoms with Gasteiger partial charge < -0.3 is 15.3 Å². The Labute approximate surface area is 321 Å². The van der Waals surface area contributed by atoms with Gasteiger partial charge in [0.2, 0.25) is 17.2 Å². The highest BCUT2D eigenvalue weighted by Crippen LogP contribution is 2.55. The van der Waals surface area contributed by atoms with E-state index in [1.807, 2.05) is 0 Å². The molecule has 4 rings (SSSR count). The molecule has 0 radical (unpaired) electrons. The predicted molar refractivity (Wildman–Crippen MR) is 204 cm³/mol. The van der Waals surface area contributed by atoms with Gasteiger partial charge in [0.15, 0.2) is 0 Å². The van der Waals surface area contributed by atoms with Crippen LogP contribution in [0.2, 0.25) is 0 Å². The van der Waals surface area contributed by atoms with E-state index in [1.165, 1.54) is 41.5 Å². The van der Waals surface area contributed by atoms with E-state index in [0.29, 0.717) is 0 Å². The van der Waals surface area contributed by atoms with Gasteiger partial charge in [0, 0.05) is 16.7 Å². The molecule has 0 bridgehead atoms. The lowest BCUT2D eigenvalue weighted by Gasteiger charge is -2.21. The van der Waals surface area contributed by atoms with Crippen molar-refractivity contribution in [3.05, 3.63) is 112 Å². The molecular weight excluding hydrogens is 756 g/mol. The van der Waals surface area contributed by atoms with Crippen molar-refractivity contribution in [3.63, 3.8) is 0 Å². The molecule has 0 unspecified atom stereocenters. The average molecular weight is 793 g/mol. The molecule has 0 aliphatic heterocycles. The van der Waals surface area contributed by atoms with Gasteiger partial charge >= 0.3 is 34.1 Å². The summed E-state index contributed by atoms with van der Waals surface area (Å²) in [6.07, 6.45) is -0.628. The number of hydrogen-bond acceptors (Lipinski definition) is 15. The van der Waals surface area contributed by atoms with E-state index < -0.39 is 97.6 Å². The van der Waals surface area contributed by atoms with E-state index in [9.17, 15) is 76.0 Å². The normalized spacial score (nSPS) is 11.1. The molecule has 0 saturated heterocycles. The topological polar surface area (TPSA) is 320 Å². The van der Waals surface area contributed by atoms with Crippen molar-refractivity contribution >= 4 is 34.1 Å². The Kier molecular flexibility index (Phi) is 12.0. The highest BCUT2D eigenvalue weighted by atomic mass is 16.7. The van der Waals surface area contributed by atoms with Crippen LogP contribution < -0.4 is 0 Å². The van der Waals surface area contributed by atoms with E-state index in [-0.39, 0.29) is 88.6 Å². The van der Waals surface area contributed by atoms with Crippen molar-refractivity contribution in [2.75, 3.05) is 0 Å². The summed E-state index contributed by atoms with van der Waals surface area (Å²) >= 11 is 0. The van der Waals surface area contributed by atoms with Crippen LogP contribution in [0.4, 0.5) is 34.1 Å². The van der Waals surface area contributed by atoms with Crippen LogP contribution in [0.1, 0.15) is 74.9 Å². The summed E-state index contributed by atoms with van der Waals surface area (Å²) in [5, 5.41) is 109. The smallest absolute Gasteiger partial charge is 0.388 e. The Morgan fingerprint density at radius 3 is 0.667 bits per heavy atom. The van der Waals surface area contributed by atoms with Crippen LogP contribution in [0.5, 0.6) is 17.2 Å². The first kappa shape index (κ1) is 42.4. The van der Waals surface area contributed by atoms with E-state index in [1.54, 1.807) is 0 Å². The molecule has 0 aliphatic carbocycles. The number of phenolic OH excluding ortho intramolecular Hbond substituents is 3. The molecule has 0 heterocycles. The molecule has 57 heavy (non-hydrogen) atoms. The van der Waals surface area contributed by atoms with Crippen LogP contribution in [0, 0.1) is 60.7 Å². The van der Waals surface area contributed by atoms with Gasteiger partial charge in [0.05, 0.1) is 46.2 Å². The monoisotopic (exact) mass is 792 g/mol. The number of hydrogen-bond donors (Lipinski definition) is 3. The summed E-state index contributed by atoms with van der Waals surface area (Å²) in [5.41, 5.74) is -10.3. The molecule has 21 heteroatoms. The second-order valence-corrected chi connectivity index (χ2v) is 12.6. The van der Waals surface area contributed by atoms with Crippen LogP contribution in [0.25, 0.3) is 33.4 Å². The number of aromatic hydroxyl groups is 3. The second kappa shape index (κ2) is 16.2. The number of nitro groups is 6. The molecule has 0 amide bonds. The van der Waals surface area contributed by atoms with Gasteiger partial charge in [-0.05, 0) is 90.1 Å². The SMILES string of the molecule is CCc1c(O)c([N+](=O)[O-])c([N+](=O)[O-])c(-c2cc(-c3c(CC)c(CC)c(O)c([N+](=O)[O-])c3[N+](=O)[O-])cc(-c3c(CC)c(CC)c(O)c([N+](=O)[O-])c3[N+](=O)[O-])c2)c1CC. The number of nitrogens with zero attached hydrogens (tertiary/aromatic N) is 6. The Hall–Kier alpha value is -7.32. The van der Waals surface area contributed by atoms with Gasteiger partial charge in [-0.1, -0.05) is 41.5 Å². The average Bonchev–Trinajstić information content (AvgIpc) is 3.14. The van der Waals surface area contributed by atoms with Crippen molar-refractivity contribution in [2.24, 2.45) is 0 Å². The molecule has 3 N–H and O–H groups in total. The molecular formula is C36H36N6O15. The van der Waals surface area contributed by atoms with E-state index in [0.717, 1.165) is 18.2 Å². The molecule has 4 aromatic carbocycles. The van der Waals surface area contributed by atoms with Crippen molar-refractivity contribution in [3.8, 4) is 50.6 Å². The van der Waals surface area contributed by atoms with E-state index >= 15 is 0 Å². The Morgan fingerprint density at radius 2 is 0.526 bits per heavy atom. The van der Waals surface area contributed by atoms with Gasteiger partial charge in [0.25, 0.3) is 0 Å². The lowest BCUT2D eigenvalue weighted by Crippen LogP contribution is -2.09. The van der Waals surface area contributed by atoms with Crippen LogP contribution in [-0.4, -0.2) is 44.9 Å². The molecule has 21 nitrogen and oxygen atoms in total. The lowest BCUT2D eigenvalue weighted by molar-refractivity contribution is -0.422. The van der Waals surface area contributed by atoms with Crippen molar-refractivity contribution in [2.45, 2.75) is 80.1 Å². The maximum absolute atomic E-state index is 12.8. The minimum absolute atomic E-state index is 0.00250. The first-order valence-corrected chi connectivity index (χ1v) is 17.5. The number of nitro benzene ring substituents is 6. The van der Waals surface area contributed by atoms with Crippen molar-refractivity contribution in [1.82, 2.24) is 0 Å². The molecule has 0 saturated carbocycles.